The molecule has 1 unspecified atom stereocenters. The zero-order valence-electron chi connectivity index (χ0n) is 7.38. The van der Waals surface area contributed by atoms with Crippen LogP contribution in [0.3, 0.4) is 0 Å². The minimum atomic E-state index is -0.00757. The van der Waals surface area contributed by atoms with E-state index in [9.17, 15) is 0 Å². The monoisotopic (exact) mass is 166 g/mol. The summed E-state index contributed by atoms with van der Waals surface area (Å²) in [5.74, 6) is 2.53. The highest BCUT2D eigenvalue weighted by Gasteiger charge is 2.14. The highest BCUT2D eigenvalue weighted by Crippen LogP contribution is 2.12. The standard InChI is InChI=1S/C10H14O2/c1-3-9(2)6-8-12-10-5-4-7-11-10/h1,6,10H,4-5,7-8H2,2H3/b9-6+. The molecular weight excluding hydrogens is 152 g/mol. The molecule has 1 rings (SSSR count). The van der Waals surface area contributed by atoms with Crippen LogP contribution in [0.4, 0.5) is 0 Å². The molecule has 1 saturated heterocycles. The number of allylic oxidation sites excluding steroid dienone is 1. The number of hydrogen-bond donors (Lipinski definition) is 0. The minimum absolute atomic E-state index is 0.00757. The van der Waals surface area contributed by atoms with Crippen LogP contribution in [-0.2, 0) is 9.47 Å². The summed E-state index contributed by atoms with van der Waals surface area (Å²) in [5, 5.41) is 0. The van der Waals surface area contributed by atoms with E-state index in [1.165, 1.54) is 0 Å². The maximum atomic E-state index is 5.38. The maximum Gasteiger partial charge on any atom is 0.158 e. The topological polar surface area (TPSA) is 18.5 Å². The van der Waals surface area contributed by atoms with Gasteiger partial charge in [-0.15, -0.1) is 6.42 Å². The molecule has 0 spiro atoms. The van der Waals surface area contributed by atoms with Crippen LogP contribution in [-0.4, -0.2) is 19.5 Å². The second-order valence-corrected chi connectivity index (χ2v) is 2.81. The van der Waals surface area contributed by atoms with E-state index in [0.29, 0.717) is 6.61 Å². The Morgan fingerprint density at radius 2 is 2.67 bits per heavy atom. The predicted molar refractivity (Wildman–Crippen MR) is 47.5 cm³/mol. The molecule has 0 radical (unpaired) electrons. The molecule has 2 nitrogen and oxygen atoms in total. The van der Waals surface area contributed by atoms with Crippen molar-refractivity contribution >= 4 is 0 Å². The summed E-state index contributed by atoms with van der Waals surface area (Å²) < 4.78 is 10.6. The summed E-state index contributed by atoms with van der Waals surface area (Å²) in [6.07, 6.45) is 9.15. The summed E-state index contributed by atoms with van der Waals surface area (Å²) in [6.45, 7) is 3.27. The van der Waals surface area contributed by atoms with E-state index in [2.05, 4.69) is 5.92 Å². The van der Waals surface area contributed by atoms with Crippen LogP contribution < -0.4 is 0 Å². The summed E-state index contributed by atoms with van der Waals surface area (Å²) in [4.78, 5) is 0. The van der Waals surface area contributed by atoms with E-state index in [1.807, 2.05) is 13.0 Å². The number of hydrogen-bond acceptors (Lipinski definition) is 2. The summed E-state index contributed by atoms with van der Waals surface area (Å²) in [7, 11) is 0. The third kappa shape index (κ3) is 3.08. The first kappa shape index (κ1) is 9.31. The Morgan fingerprint density at radius 1 is 1.83 bits per heavy atom. The second-order valence-electron chi connectivity index (χ2n) is 2.81. The van der Waals surface area contributed by atoms with Crippen molar-refractivity contribution in [2.24, 2.45) is 0 Å². The van der Waals surface area contributed by atoms with Gasteiger partial charge in [-0.05, 0) is 25.0 Å². The van der Waals surface area contributed by atoms with Gasteiger partial charge < -0.3 is 9.47 Å². The Morgan fingerprint density at radius 3 is 3.25 bits per heavy atom. The van der Waals surface area contributed by atoms with Crippen LogP contribution in [0.2, 0.25) is 0 Å². The molecule has 0 aromatic heterocycles. The van der Waals surface area contributed by atoms with Gasteiger partial charge in [0.25, 0.3) is 0 Å². The molecule has 0 amide bonds. The molecule has 0 aliphatic carbocycles. The Hall–Kier alpha value is -0.780. The lowest BCUT2D eigenvalue weighted by Crippen LogP contribution is -2.10. The Bertz CT molecular complexity index is 194. The van der Waals surface area contributed by atoms with Gasteiger partial charge in [-0.1, -0.05) is 5.92 Å². The van der Waals surface area contributed by atoms with Gasteiger partial charge in [0.2, 0.25) is 0 Å². The van der Waals surface area contributed by atoms with Crippen molar-refractivity contribution in [3.8, 4) is 12.3 Å². The average Bonchev–Trinajstić information content (AvgIpc) is 2.57. The van der Waals surface area contributed by atoms with Crippen LogP contribution >= 0.6 is 0 Å². The van der Waals surface area contributed by atoms with Gasteiger partial charge in [-0.3, -0.25) is 0 Å². The summed E-state index contributed by atoms with van der Waals surface area (Å²) in [5.41, 5.74) is 0.910. The van der Waals surface area contributed by atoms with Crippen molar-refractivity contribution in [2.45, 2.75) is 26.1 Å². The van der Waals surface area contributed by atoms with Gasteiger partial charge in [0, 0.05) is 13.0 Å². The first-order valence-corrected chi connectivity index (χ1v) is 4.19. The fourth-order valence-corrected chi connectivity index (χ4v) is 1.02. The molecular formula is C10H14O2. The maximum absolute atomic E-state index is 5.38. The van der Waals surface area contributed by atoms with E-state index < -0.39 is 0 Å². The van der Waals surface area contributed by atoms with Gasteiger partial charge in [0.15, 0.2) is 6.29 Å². The molecule has 0 aromatic carbocycles. The summed E-state index contributed by atoms with van der Waals surface area (Å²) >= 11 is 0. The van der Waals surface area contributed by atoms with Gasteiger partial charge in [-0.2, -0.15) is 0 Å². The lowest BCUT2D eigenvalue weighted by molar-refractivity contribution is -0.101. The lowest BCUT2D eigenvalue weighted by Gasteiger charge is -2.08. The fraction of sp³-hybridized carbons (Fsp3) is 0.600. The molecule has 1 heterocycles. The van der Waals surface area contributed by atoms with E-state index in [-0.39, 0.29) is 6.29 Å². The van der Waals surface area contributed by atoms with E-state index in [1.54, 1.807) is 0 Å². The highest BCUT2D eigenvalue weighted by atomic mass is 16.7. The smallest absolute Gasteiger partial charge is 0.158 e. The van der Waals surface area contributed by atoms with Crippen molar-refractivity contribution < 1.29 is 9.47 Å². The van der Waals surface area contributed by atoms with Crippen LogP contribution in [0.5, 0.6) is 0 Å². The molecule has 0 bridgehead atoms. The number of rotatable bonds is 3. The molecule has 2 heteroatoms. The quantitative estimate of drug-likeness (QED) is 0.594. The van der Waals surface area contributed by atoms with E-state index in [0.717, 1.165) is 25.0 Å². The van der Waals surface area contributed by atoms with Gasteiger partial charge in [0.05, 0.1) is 6.61 Å². The first-order valence-electron chi connectivity index (χ1n) is 4.19. The van der Waals surface area contributed by atoms with E-state index >= 15 is 0 Å². The van der Waals surface area contributed by atoms with Crippen LogP contribution in [0.25, 0.3) is 0 Å². The molecule has 12 heavy (non-hydrogen) atoms. The predicted octanol–water partition coefficient (Wildman–Crippen LogP) is 1.72. The van der Waals surface area contributed by atoms with Gasteiger partial charge in [0.1, 0.15) is 0 Å². The second kappa shape index (κ2) is 4.97. The molecule has 0 aromatic rings. The van der Waals surface area contributed by atoms with E-state index in [4.69, 9.17) is 15.9 Å². The highest BCUT2D eigenvalue weighted by molar-refractivity contribution is 5.22. The number of ether oxygens (including phenoxy) is 2. The Labute approximate surface area is 73.6 Å². The molecule has 1 fully saturated rings. The largest absolute Gasteiger partial charge is 0.353 e. The van der Waals surface area contributed by atoms with Gasteiger partial charge >= 0.3 is 0 Å². The van der Waals surface area contributed by atoms with Crippen molar-refractivity contribution in [3.63, 3.8) is 0 Å². The SMILES string of the molecule is C#C/C(C)=C/COC1CCCO1. The van der Waals surface area contributed by atoms with Crippen LogP contribution in [0, 0.1) is 12.3 Å². The van der Waals surface area contributed by atoms with Crippen molar-refractivity contribution in [3.05, 3.63) is 11.6 Å². The average molecular weight is 166 g/mol. The minimum Gasteiger partial charge on any atom is -0.353 e. The van der Waals surface area contributed by atoms with Crippen LogP contribution in [0.15, 0.2) is 11.6 Å². The fourth-order valence-electron chi connectivity index (χ4n) is 1.02. The van der Waals surface area contributed by atoms with Gasteiger partial charge in [-0.25, -0.2) is 0 Å². The van der Waals surface area contributed by atoms with Crippen molar-refractivity contribution in [1.82, 2.24) is 0 Å². The normalized spacial score (nSPS) is 24.0. The van der Waals surface area contributed by atoms with Crippen LogP contribution in [0.1, 0.15) is 19.8 Å². The summed E-state index contributed by atoms with van der Waals surface area (Å²) in [6, 6.07) is 0. The lowest BCUT2D eigenvalue weighted by atomic mass is 10.3. The third-order valence-corrected chi connectivity index (χ3v) is 1.79. The number of terminal acetylenes is 1. The Kier molecular flexibility index (Phi) is 3.86. The molecule has 0 saturated carbocycles. The first-order chi connectivity index (χ1) is 5.83. The third-order valence-electron chi connectivity index (χ3n) is 1.79. The Balaban J connectivity index is 2.13. The molecule has 1 atom stereocenters. The van der Waals surface area contributed by atoms with Crippen molar-refractivity contribution in [1.29, 1.82) is 0 Å². The zero-order chi connectivity index (χ0) is 8.81. The van der Waals surface area contributed by atoms with Crippen molar-refractivity contribution in [2.75, 3.05) is 13.2 Å². The molecule has 1 aliphatic rings. The molecule has 66 valence electrons. The molecule has 0 N–H and O–H groups in total. The zero-order valence-corrected chi connectivity index (χ0v) is 7.38. The molecule has 1 aliphatic heterocycles.